The van der Waals surface area contributed by atoms with Gasteiger partial charge in [-0.2, -0.15) is 0 Å². The zero-order chi connectivity index (χ0) is 20.4. The highest BCUT2D eigenvalue weighted by Crippen LogP contribution is 2.42. The number of thiophene rings is 1. The van der Waals surface area contributed by atoms with E-state index in [-0.39, 0.29) is 24.6 Å². The van der Waals surface area contributed by atoms with Crippen LogP contribution < -0.4 is 5.73 Å². The molecule has 0 spiro atoms. The molecule has 1 aromatic heterocycles. The second-order valence-electron chi connectivity index (χ2n) is 6.89. The minimum atomic E-state index is -3.51. The summed E-state index contributed by atoms with van der Waals surface area (Å²) < 4.78 is 16.5. The zero-order valence-electron chi connectivity index (χ0n) is 16.4. The van der Waals surface area contributed by atoms with E-state index in [4.69, 9.17) is 10.3 Å². The van der Waals surface area contributed by atoms with Crippen molar-refractivity contribution in [1.82, 2.24) is 0 Å². The fourth-order valence-corrected chi connectivity index (χ4v) is 5.13. The monoisotopic (exact) mass is 423 g/mol. The fourth-order valence-electron chi connectivity index (χ4n) is 2.95. The molecule has 5 nitrogen and oxygen atoms in total. The number of Topliss-reactive ketones (excluding diaryl/α,β-unsaturated/α-hetero) is 1. The van der Waals surface area contributed by atoms with Crippen molar-refractivity contribution in [1.29, 1.82) is 0 Å². The van der Waals surface area contributed by atoms with Gasteiger partial charge in [-0.15, -0.1) is 11.3 Å². The summed E-state index contributed by atoms with van der Waals surface area (Å²) in [4.78, 5) is 23.9. The molecule has 0 saturated heterocycles. The Morgan fingerprint density at radius 1 is 1.18 bits per heavy atom. The van der Waals surface area contributed by atoms with Gasteiger partial charge in [0, 0.05) is 17.3 Å². The standard InChI is InChI=1S/C21H30NO4PS/c1-2-26-27(24,25)16-15-18(22)11-12-19-13-14-21(28-19)20(23)10-6-9-17-7-4-3-5-8-17/h3-5,7-8,13-14,18H,2,6,9-12,15-16,22H2,1H3,(H,24,25). The molecule has 7 heteroatoms. The Morgan fingerprint density at radius 3 is 2.64 bits per heavy atom. The van der Waals surface area contributed by atoms with Crippen LogP contribution in [0.15, 0.2) is 42.5 Å². The molecule has 2 atom stereocenters. The van der Waals surface area contributed by atoms with Gasteiger partial charge in [-0.1, -0.05) is 30.3 Å². The number of rotatable bonds is 13. The van der Waals surface area contributed by atoms with Gasteiger partial charge in [0.1, 0.15) is 0 Å². The summed E-state index contributed by atoms with van der Waals surface area (Å²) >= 11 is 1.53. The zero-order valence-corrected chi connectivity index (χ0v) is 18.1. The number of carbonyl (C=O) groups is 1. The highest BCUT2D eigenvalue weighted by molar-refractivity contribution is 7.52. The Balaban J connectivity index is 1.71. The van der Waals surface area contributed by atoms with E-state index in [0.29, 0.717) is 19.3 Å². The number of nitrogens with two attached hydrogens (primary N) is 1. The van der Waals surface area contributed by atoms with Crippen LogP contribution in [0.4, 0.5) is 0 Å². The predicted octanol–water partition coefficient (Wildman–Crippen LogP) is 4.83. The summed E-state index contributed by atoms with van der Waals surface area (Å²) in [6.07, 6.45) is 4.33. The average molecular weight is 424 g/mol. The molecule has 0 bridgehead atoms. The second kappa shape index (κ2) is 11.6. The molecular weight excluding hydrogens is 393 g/mol. The number of benzene rings is 1. The maximum atomic E-state index is 12.4. The van der Waals surface area contributed by atoms with Crippen molar-refractivity contribution in [3.8, 4) is 0 Å². The topological polar surface area (TPSA) is 89.6 Å². The van der Waals surface area contributed by atoms with Gasteiger partial charge < -0.3 is 15.2 Å². The Kier molecular flexibility index (Phi) is 9.56. The van der Waals surface area contributed by atoms with Crippen molar-refractivity contribution in [2.24, 2.45) is 5.73 Å². The molecule has 0 aliphatic carbocycles. The highest BCUT2D eigenvalue weighted by atomic mass is 32.1. The molecule has 3 N–H and O–H groups in total. The van der Waals surface area contributed by atoms with Crippen molar-refractivity contribution < 1.29 is 18.8 Å². The number of hydrogen-bond acceptors (Lipinski definition) is 5. The molecule has 154 valence electrons. The van der Waals surface area contributed by atoms with E-state index in [1.807, 2.05) is 30.3 Å². The maximum absolute atomic E-state index is 12.4. The van der Waals surface area contributed by atoms with Gasteiger partial charge >= 0.3 is 7.60 Å². The van der Waals surface area contributed by atoms with Crippen molar-refractivity contribution in [2.75, 3.05) is 12.8 Å². The SMILES string of the molecule is CCOP(=O)(O)CCC(N)CCc1ccc(C(=O)CCCc2ccccc2)s1. The third-order valence-corrected chi connectivity index (χ3v) is 7.19. The summed E-state index contributed by atoms with van der Waals surface area (Å²) in [7, 11) is -3.51. The molecular formula is C21H30NO4PS. The highest BCUT2D eigenvalue weighted by Gasteiger charge is 2.19. The Bertz CT molecular complexity index is 778. The van der Waals surface area contributed by atoms with E-state index in [9.17, 15) is 14.3 Å². The van der Waals surface area contributed by atoms with Crippen molar-refractivity contribution in [2.45, 2.75) is 51.5 Å². The Morgan fingerprint density at radius 2 is 1.93 bits per heavy atom. The first-order valence-electron chi connectivity index (χ1n) is 9.77. The van der Waals surface area contributed by atoms with Gasteiger partial charge in [-0.3, -0.25) is 9.36 Å². The third-order valence-electron chi connectivity index (χ3n) is 4.52. The largest absolute Gasteiger partial charge is 0.328 e. The van der Waals surface area contributed by atoms with E-state index in [2.05, 4.69) is 12.1 Å². The average Bonchev–Trinajstić information content (AvgIpc) is 3.15. The second-order valence-corrected chi connectivity index (χ2v) is 10.0. The van der Waals surface area contributed by atoms with E-state index in [1.165, 1.54) is 16.9 Å². The van der Waals surface area contributed by atoms with Gasteiger partial charge in [-0.25, -0.2) is 0 Å². The molecule has 0 saturated carbocycles. The van der Waals surface area contributed by atoms with Crippen molar-refractivity contribution in [3.63, 3.8) is 0 Å². The summed E-state index contributed by atoms with van der Waals surface area (Å²) in [6.45, 7) is 1.92. The smallest absolute Gasteiger partial charge is 0.328 e. The molecule has 0 amide bonds. The van der Waals surface area contributed by atoms with Gasteiger partial charge in [0.05, 0.1) is 17.6 Å². The predicted molar refractivity (Wildman–Crippen MR) is 115 cm³/mol. The molecule has 0 radical (unpaired) electrons. The number of hydrogen-bond donors (Lipinski definition) is 2. The molecule has 2 aromatic rings. The first-order chi connectivity index (χ1) is 13.4. The van der Waals surface area contributed by atoms with E-state index < -0.39 is 7.60 Å². The normalized spacial score (nSPS) is 14.5. The molecule has 0 aliphatic rings. The van der Waals surface area contributed by atoms with Crippen molar-refractivity contribution in [3.05, 3.63) is 57.8 Å². The maximum Gasteiger partial charge on any atom is 0.328 e. The lowest BCUT2D eigenvalue weighted by molar-refractivity contribution is 0.0984. The number of carbonyl (C=O) groups excluding carboxylic acids is 1. The summed E-state index contributed by atoms with van der Waals surface area (Å²) in [5.74, 6) is 0.189. The van der Waals surface area contributed by atoms with Crippen LogP contribution in [0.3, 0.4) is 0 Å². The Labute approximate surface area is 171 Å². The molecule has 2 rings (SSSR count). The van der Waals surface area contributed by atoms with Crippen LogP contribution >= 0.6 is 18.9 Å². The minimum Gasteiger partial charge on any atom is -0.328 e. The van der Waals surface area contributed by atoms with Crippen LogP contribution in [0.1, 0.15) is 52.7 Å². The van der Waals surface area contributed by atoms with E-state index >= 15 is 0 Å². The summed E-state index contributed by atoms with van der Waals surface area (Å²) in [5, 5.41) is 0. The lowest BCUT2D eigenvalue weighted by atomic mass is 10.1. The van der Waals surface area contributed by atoms with Crippen molar-refractivity contribution >= 4 is 24.7 Å². The molecule has 0 aliphatic heterocycles. The van der Waals surface area contributed by atoms with Crippen LogP contribution in [0, 0.1) is 0 Å². The summed E-state index contributed by atoms with van der Waals surface area (Å²) in [6, 6.07) is 13.9. The molecule has 2 unspecified atom stereocenters. The van der Waals surface area contributed by atoms with Gasteiger partial charge in [0.25, 0.3) is 0 Å². The van der Waals surface area contributed by atoms with Gasteiger partial charge in [-0.05, 0) is 56.7 Å². The van der Waals surface area contributed by atoms with E-state index in [0.717, 1.165) is 29.0 Å². The van der Waals surface area contributed by atoms with Crippen LogP contribution in [0.25, 0.3) is 0 Å². The van der Waals surface area contributed by atoms with Crippen LogP contribution in [0.5, 0.6) is 0 Å². The van der Waals surface area contributed by atoms with Gasteiger partial charge in [0.2, 0.25) is 0 Å². The fraction of sp³-hybridized carbons (Fsp3) is 0.476. The molecule has 0 fully saturated rings. The molecule has 1 aromatic carbocycles. The van der Waals surface area contributed by atoms with Gasteiger partial charge in [0.15, 0.2) is 5.78 Å². The summed E-state index contributed by atoms with van der Waals surface area (Å²) in [5.41, 5.74) is 7.32. The quantitative estimate of drug-likeness (QED) is 0.356. The number of aryl methyl sites for hydroxylation is 2. The lowest BCUT2D eigenvalue weighted by Gasteiger charge is -2.14. The first kappa shape index (κ1) is 23.0. The van der Waals surface area contributed by atoms with E-state index in [1.54, 1.807) is 6.92 Å². The lowest BCUT2D eigenvalue weighted by Crippen LogP contribution is -2.22. The Hall–Kier alpha value is -1.30. The van der Waals surface area contributed by atoms with Crippen LogP contribution in [-0.2, 0) is 21.9 Å². The molecule has 1 heterocycles. The van der Waals surface area contributed by atoms with Crippen LogP contribution in [-0.4, -0.2) is 29.5 Å². The number of ketones is 1. The first-order valence-corrected chi connectivity index (χ1v) is 12.4. The van der Waals surface area contributed by atoms with Crippen LogP contribution in [0.2, 0.25) is 0 Å². The minimum absolute atomic E-state index is 0.0809. The molecule has 28 heavy (non-hydrogen) atoms. The third kappa shape index (κ3) is 8.38.